The Kier molecular flexibility index (Phi) is 3.93. The zero-order valence-electron chi connectivity index (χ0n) is 14.7. The van der Waals surface area contributed by atoms with Crippen LogP contribution >= 0.6 is 11.3 Å². The van der Waals surface area contributed by atoms with Crippen molar-refractivity contribution >= 4 is 23.1 Å². The van der Waals surface area contributed by atoms with Crippen LogP contribution in [0.15, 0.2) is 28.4 Å². The molecule has 27 heavy (non-hydrogen) atoms. The number of thiophene rings is 1. The monoisotopic (exact) mass is 381 g/mol. The fourth-order valence-electron chi connectivity index (χ4n) is 3.44. The molecule has 0 aromatic carbocycles. The van der Waals surface area contributed by atoms with Gasteiger partial charge in [-0.15, -0.1) is 11.3 Å². The number of hydrogen-bond acceptors (Lipinski definition) is 5. The summed E-state index contributed by atoms with van der Waals surface area (Å²) in [5.41, 5.74) is 2.26. The first-order valence-electron chi connectivity index (χ1n) is 9.26. The van der Waals surface area contributed by atoms with Gasteiger partial charge >= 0.3 is 0 Å². The third-order valence-electron chi connectivity index (χ3n) is 5.06. The van der Waals surface area contributed by atoms with E-state index in [1.54, 1.807) is 16.0 Å². The van der Waals surface area contributed by atoms with Crippen LogP contribution in [0.4, 0.5) is 5.82 Å². The fraction of sp³-hybridized carbons (Fsp3) is 0.368. The standard InChI is InChI=1S/C19H19N5O2S/c25-17(11-7-8-11)21-16-10-14(15-6-3-9-27-15)23-24(16)19-20-13-5-2-1-4-12(13)18(26)22-19/h3,6,9-11H,1-2,4-5,7-8H2,(H,21,25)(H,20,22,26). The third-order valence-corrected chi connectivity index (χ3v) is 5.95. The van der Waals surface area contributed by atoms with Gasteiger partial charge in [0, 0.05) is 17.5 Å². The molecule has 7 nitrogen and oxygen atoms in total. The second kappa shape index (κ2) is 6.45. The lowest BCUT2D eigenvalue weighted by Crippen LogP contribution is -2.25. The van der Waals surface area contributed by atoms with Crippen LogP contribution in [0, 0.1) is 5.92 Å². The Balaban J connectivity index is 1.60. The van der Waals surface area contributed by atoms with E-state index in [4.69, 9.17) is 0 Å². The average molecular weight is 381 g/mol. The van der Waals surface area contributed by atoms with E-state index in [1.165, 1.54) is 0 Å². The van der Waals surface area contributed by atoms with E-state index in [1.807, 2.05) is 23.6 Å². The van der Waals surface area contributed by atoms with Gasteiger partial charge in [0.1, 0.15) is 11.5 Å². The highest BCUT2D eigenvalue weighted by molar-refractivity contribution is 7.13. The molecule has 5 rings (SSSR count). The highest BCUT2D eigenvalue weighted by Crippen LogP contribution is 2.32. The molecule has 138 valence electrons. The van der Waals surface area contributed by atoms with Crippen LogP contribution in [0.5, 0.6) is 0 Å². The van der Waals surface area contributed by atoms with Crippen molar-refractivity contribution in [2.24, 2.45) is 5.92 Å². The van der Waals surface area contributed by atoms with Gasteiger partial charge in [-0.3, -0.25) is 14.6 Å². The first-order chi connectivity index (χ1) is 13.2. The number of aryl methyl sites for hydroxylation is 1. The van der Waals surface area contributed by atoms with Gasteiger partial charge < -0.3 is 5.32 Å². The lowest BCUT2D eigenvalue weighted by atomic mass is 9.97. The van der Waals surface area contributed by atoms with Crippen LogP contribution in [0.1, 0.15) is 36.9 Å². The summed E-state index contributed by atoms with van der Waals surface area (Å²) in [6.07, 6.45) is 5.47. The Morgan fingerprint density at radius 2 is 2.15 bits per heavy atom. The van der Waals surface area contributed by atoms with Crippen LogP contribution in [0.3, 0.4) is 0 Å². The Labute approximate surface area is 159 Å². The van der Waals surface area contributed by atoms with Crippen molar-refractivity contribution in [1.82, 2.24) is 19.7 Å². The second-order valence-corrected chi connectivity index (χ2v) is 8.04. The zero-order valence-corrected chi connectivity index (χ0v) is 15.5. The maximum Gasteiger partial charge on any atom is 0.255 e. The third kappa shape index (κ3) is 3.10. The number of aromatic amines is 1. The van der Waals surface area contributed by atoms with Gasteiger partial charge in [0.05, 0.1) is 10.6 Å². The van der Waals surface area contributed by atoms with E-state index in [0.29, 0.717) is 11.8 Å². The normalized spacial score (nSPS) is 16.1. The molecular weight excluding hydrogens is 362 g/mol. The maximum absolute atomic E-state index is 12.5. The van der Waals surface area contributed by atoms with Crippen molar-refractivity contribution in [3.05, 3.63) is 45.2 Å². The van der Waals surface area contributed by atoms with E-state index in [9.17, 15) is 9.59 Å². The summed E-state index contributed by atoms with van der Waals surface area (Å²) in [6.45, 7) is 0. The number of H-pyrrole nitrogens is 1. The summed E-state index contributed by atoms with van der Waals surface area (Å²) in [7, 11) is 0. The van der Waals surface area contributed by atoms with Gasteiger partial charge in [-0.2, -0.15) is 9.78 Å². The van der Waals surface area contributed by atoms with Gasteiger partial charge in [-0.1, -0.05) is 6.07 Å². The van der Waals surface area contributed by atoms with Crippen molar-refractivity contribution < 1.29 is 4.79 Å². The van der Waals surface area contributed by atoms with Crippen LogP contribution in [0.2, 0.25) is 0 Å². The fourth-order valence-corrected chi connectivity index (χ4v) is 4.12. The summed E-state index contributed by atoms with van der Waals surface area (Å²) in [5.74, 6) is 0.965. The number of carbonyl (C=O) groups is 1. The van der Waals surface area contributed by atoms with Crippen LogP contribution in [-0.4, -0.2) is 25.7 Å². The molecule has 2 aliphatic carbocycles. The van der Waals surface area contributed by atoms with Crippen molar-refractivity contribution in [3.63, 3.8) is 0 Å². The topological polar surface area (TPSA) is 92.7 Å². The molecule has 1 amide bonds. The lowest BCUT2D eigenvalue weighted by Gasteiger charge is -2.15. The summed E-state index contributed by atoms with van der Waals surface area (Å²) in [5, 5.41) is 9.56. The Hall–Kier alpha value is -2.74. The minimum atomic E-state index is -0.109. The number of carbonyl (C=O) groups excluding carboxylic acids is 1. The molecule has 0 saturated heterocycles. The first-order valence-corrected chi connectivity index (χ1v) is 10.1. The molecule has 2 aliphatic rings. The SMILES string of the molecule is O=C(Nc1cc(-c2cccs2)nn1-c1nc2c(c(=O)[nH]1)CCCC2)C1CC1. The second-order valence-electron chi connectivity index (χ2n) is 7.09. The summed E-state index contributed by atoms with van der Waals surface area (Å²) < 4.78 is 1.55. The van der Waals surface area contributed by atoms with E-state index in [0.717, 1.165) is 60.4 Å². The molecule has 0 unspecified atom stereocenters. The molecular formula is C19H19N5O2S. The molecule has 3 heterocycles. The maximum atomic E-state index is 12.5. The number of nitrogens with zero attached hydrogens (tertiary/aromatic N) is 3. The lowest BCUT2D eigenvalue weighted by molar-refractivity contribution is -0.117. The molecule has 3 aromatic heterocycles. The molecule has 0 radical (unpaired) electrons. The Morgan fingerprint density at radius 3 is 2.93 bits per heavy atom. The predicted octanol–water partition coefficient (Wildman–Crippen LogP) is 2.91. The van der Waals surface area contributed by atoms with E-state index >= 15 is 0 Å². The molecule has 0 aliphatic heterocycles. The number of fused-ring (bicyclic) bond motifs is 1. The molecule has 2 N–H and O–H groups in total. The van der Waals surface area contributed by atoms with Gasteiger partial charge in [0.25, 0.3) is 5.56 Å². The van der Waals surface area contributed by atoms with Crippen LogP contribution < -0.4 is 10.9 Å². The molecule has 0 atom stereocenters. The average Bonchev–Trinajstić information content (AvgIpc) is 3.22. The number of aromatic nitrogens is 4. The molecule has 8 heteroatoms. The molecule has 3 aromatic rings. The molecule has 0 spiro atoms. The first kappa shape index (κ1) is 16.4. The van der Waals surface area contributed by atoms with Crippen molar-refractivity contribution in [1.29, 1.82) is 0 Å². The smallest absolute Gasteiger partial charge is 0.255 e. The van der Waals surface area contributed by atoms with Crippen molar-refractivity contribution in [2.75, 3.05) is 5.32 Å². The number of nitrogens with one attached hydrogen (secondary N) is 2. The summed E-state index contributed by atoms with van der Waals surface area (Å²) in [4.78, 5) is 33.4. The largest absolute Gasteiger partial charge is 0.310 e. The van der Waals surface area contributed by atoms with Gasteiger partial charge in [-0.25, -0.2) is 4.98 Å². The van der Waals surface area contributed by atoms with Gasteiger partial charge in [0.15, 0.2) is 0 Å². The Morgan fingerprint density at radius 1 is 1.30 bits per heavy atom. The van der Waals surface area contributed by atoms with E-state index < -0.39 is 0 Å². The minimum absolute atomic E-state index is 0.00538. The number of hydrogen-bond donors (Lipinski definition) is 2. The van der Waals surface area contributed by atoms with E-state index in [2.05, 4.69) is 20.4 Å². The highest BCUT2D eigenvalue weighted by atomic mass is 32.1. The van der Waals surface area contributed by atoms with Gasteiger partial charge in [0.2, 0.25) is 11.9 Å². The number of rotatable bonds is 4. The van der Waals surface area contributed by atoms with Crippen LogP contribution in [-0.2, 0) is 17.6 Å². The molecule has 1 fully saturated rings. The summed E-state index contributed by atoms with van der Waals surface area (Å²) in [6, 6.07) is 5.78. The van der Waals surface area contributed by atoms with Crippen LogP contribution in [0.25, 0.3) is 16.5 Å². The highest BCUT2D eigenvalue weighted by Gasteiger charge is 2.31. The molecule has 0 bridgehead atoms. The minimum Gasteiger partial charge on any atom is -0.310 e. The Bertz CT molecular complexity index is 1060. The van der Waals surface area contributed by atoms with Crippen molar-refractivity contribution in [2.45, 2.75) is 38.5 Å². The molecule has 1 saturated carbocycles. The zero-order chi connectivity index (χ0) is 18.4. The number of amides is 1. The van der Waals surface area contributed by atoms with Gasteiger partial charge in [-0.05, 0) is 50.0 Å². The summed E-state index contributed by atoms with van der Waals surface area (Å²) >= 11 is 1.58. The van der Waals surface area contributed by atoms with Crippen molar-refractivity contribution in [3.8, 4) is 16.5 Å². The van der Waals surface area contributed by atoms with E-state index in [-0.39, 0.29) is 17.4 Å². The predicted molar refractivity (Wildman–Crippen MR) is 103 cm³/mol. The number of anilines is 1. The quantitative estimate of drug-likeness (QED) is 0.727.